The predicted octanol–water partition coefficient (Wildman–Crippen LogP) is 2.98. The van der Waals surface area contributed by atoms with Gasteiger partial charge in [0.25, 0.3) is 5.91 Å². The largest absolute Gasteiger partial charge is 0.359 e. The molecule has 2 aromatic carbocycles. The molecule has 1 aromatic heterocycles. The fraction of sp³-hybridized carbons (Fsp3) is 0.111. The summed E-state index contributed by atoms with van der Waals surface area (Å²) in [6, 6.07) is 12.8. The summed E-state index contributed by atoms with van der Waals surface area (Å²) < 4.78 is 13.1. The SMILES string of the molecule is Cc1cc2cc(NC(=O)CNC(=O)c3cccc(F)c3)ccc2[nH]1. The summed E-state index contributed by atoms with van der Waals surface area (Å²) in [7, 11) is 0. The van der Waals surface area contributed by atoms with E-state index in [-0.39, 0.29) is 18.0 Å². The molecule has 0 aliphatic heterocycles. The Morgan fingerprint density at radius 1 is 1.12 bits per heavy atom. The molecule has 0 radical (unpaired) electrons. The number of aromatic nitrogens is 1. The molecule has 6 heteroatoms. The molecule has 0 atom stereocenters. The van der Waals surface area contributed by atoms with E-state index in [1.165, 1.54) is 18.2 Å². The van der Waals surface area contributed by atoms with Gasteiger partial charge in [0.1, 0.15) is 5.82 Å². The first kappa shape index (κ1) is 15.7. The van der Waals surface area contributed by atoms with E-state index in [4.69, 9.17) is 0 Å². The molecule has 0 spiro atoms. The van der Waals surface area contributed by atoms with Gasteiger partial charge in [-0.3, -0.25) is 9.59 Å². The van der Waals surface area contributed by atoms with Crippen molar-refractivity contribution in [3.8, 4) is 0 Å². The third kappa shape index (κ3) is 3.60. The molecule has 2 amide bonds. The molecule has 0 saturated heterocycles. The number of aromatic amines is 1. The smallest absolute Gasteiger partial charge is 0.251 e. The zero-order valence-electron chi connectivity index (χ0n) is 13.0. The number of rotatable bonds is 4. The van der Waals surface area contributed by atoms with Crippen LogP contribution in [0.4, 0.5) is 10.1 Å². The number of carbonyl (C=O) groups excluding carboxylic acids is 2. The summed E-state index contributed by atoms with van der Waals surface area (Å²) in [5.74, 6) is -1.35. The summed E-state index contributed by atoms with van der Waals surface area (Å²) >= 11 is 0. The van der Waals surface area contributed by atoms with E-state index >= 15 is 0 Å². The Hall–Kier alpha value is -3.15. The van der Waals surface area contributed by atoms with Crippen molar-refractivity contribution in [2.24, 2.45) is 0 Å². The lowest BCUT2D eigenvalue weighted by atomic mass is 10.2. The molecular weight excluding hydrogens is 309 g/mol. The highest BCUT2D eigenvalue weighted by Crippen LogP contribution is 2.19. The van der Waals surface area contributed by atoms with Crippen LogP contribution in [0.15, 0.2) is 48.5 Å². The molecule has 0 unspecified atom stereocenters. The van der Waals surface area contributed by atoms with Crippen molar-refractivity contribution in [3.63, 3.8) is 0 Å². The number of H-pyrrole nitrogens is 1. The van der Waals surface area contributed by atoms with Gasteiger partial charge in [-0.05, 0) is 49.4 Å². The van der Waals surface area contributed by atoms with E-state index in [1.54, 1.807) is 6.07 Å². The lowest BCUT2D eigenvalue weighted by Gasteiger charge is -2.07. The zero-order valence-corrected chi connectivity index (χ0v) is 13.0. The Morgan fingerprint density at radius 2 is 1.96 bits per heavy atom. The Kier molecular flexibility index (Phi) is 4.29. The standard InChI is InChI=1S/C18H16FN3O2/c1-11-7-13-9-15(5-6-16(13)21-11)22-17(23)10-20-18(24)12-3-2-4-14(19)8-12/h2-9,21H,10H2,1H3,(H,20,24)(H,22,23). The van der Waals surface area contributed by atoms with Crippen molar-refractivity contribution in [2.45, 2.75) is 6.92 Å². The van der Waals surface area contributed by atoms with Crippen molar-refractivity contribution < 1.29 is 14.0 Å². The van der Waals surface area contributed by atoms with Gasteiger partial charge in [0, 0.05) is 27.8 Å². The molecular formula is C18H16FN3O2. The van der Waals surface area contributed by atoms with E-state index in [2.05, 4.69) is 15.6 Å². The molecule has 0 fully saturated rings. The van der Waals surface area contributed by atoms with E-state index in [0.29, 0.717) is 5.69 Å². The summed E-state index contributed by atoms with van der Waals surface area (Å²) in [5, 5.41) is 6.18. The maximum atomic E-state index is 13.1. The average molecular weight is 325 g/mol. The third-order valence-corrected chi connectivity index (χ3v) is 3.54. The van der Waals surface area contributed by atoms with Gasteiger partial charge in [0.05, 0.1) is 6.54 Å². The fourth-order valence-electron chi connectivity index (χ4n) is 2.45. The highest BCUT2D eigenvalue weighted by atomic mass is 19.1. The topological polar surface area (TPSA) is 74.0 Å². The average Bonchev–Trinajstić information content (AvgIpc) is 2.92. The minimum atomic E-state index is -0.499. The lowest BCUT2D eigenvalue weighted by Crippen LogP contribution is -2.32. The van der Waals surface area contributed by atoms with Crippen LogP contribution in [0.25, 0.3) is 10.9 Å². The summed E-state index contributed by atoms with van der Waals surface area (Å²) in [5.41, 5.74) is 2.85. The molecule has 0 aliphatic rings. The number of hydrogen-bond acceptors (Lipinski definition) is 2. The lowest BCUT2D eigenvalue weighted by molar-refractivity contribution is -0.115. The number of amides is 2. The predicted molar refractivity (Wildman–Crippen MR) is 90.4 cm³/mol. The van der Waals surface area contributed by atoms with Gasteiger partial charge in [-0.25, -0.2) is 4.39 Å². The molecule has 3 N–H and O–H groups in total. The zero-order chi connectivity index (χ0) is 17.1. The number of fused-ring (bicyclic) bond motifs is 1. The van der Waals surface area contributed by atoms with E-state index in [0.717, 1.165) is 22.7 Å². The van der Waals surface area contributed by atoms with Gasteiger partial charge in [-0.1, -0.05) is 6.07 Å². The second-order valence-electron chi connectivity index (χ2n) is 5.50. The molecule has 3 aromatic rings. The number of hydrogen-bond donors (Lipinski definition) is 3. The molecule has 1 heterocycles. The van der Waals surface area contributed by atoms with Gasteiger partial charge in [-0.15, -0.1) is 0 Å². The monoisotopic (exact) mass is 325 g/mol. The van der Waals surface area contributed by atoms with Crippen molar-refractivity contribution in [1.29, 1.82) is 0 Å². The molecule has 0 bridgehead atoms. The second kappa shape index (κ2) is 6.54. The summed E-state index contributed by atoms with van der Waals surface area (Å²) in [6.07, 6.45) is 0. The second-order valence-corrected chi connectivity index (χ2v) is 5.50. The number of halogens is 1. The van der Waals surface area contributed by atoms with Crippen molar-refractivity contribution in [1.82, 2.24) is 10.3 Å². The van der Waals surface area contributed by atoms with Gasteiger partial charge in [0.15, 0.2) is 0 Å². The maximum Gasteiger partial charge on any atom is 0.251 e. The van der Waals surface area contributed by atoms with Crippen LogP contribution in [0.5, 0.6) is 0 Å². The number of benzene rings is 2. The molecule has 0 aliphatic carbocycles. The van der Waals surface area contributed by atoms with Crippen molar-refractivity contribution in [2.75, 3.05) is 11.9 Å². The first-order valence-corrected chi connectivity index (χ1v) is 7.44. The Balaban J connectivity index is 1.59. The van der Waals surface area contributed by atoms with E-state index in [1.807, 2.05) is 25.1 Å². The Bertz CT molecular complexity index is 918. The fourth-order valence-corrected chi connectivity index (χ4v) is 2.45. The van der Waals surface area contributed by atoms with E-state index in [9.17, 15) is 14.0 Å². The van der Waals surface area contributed by atoms with Crippen molar-refractivity contribution >= 4 is 28.4 Å². The minimum Gasteiger partial charge on any atom is -0.359 e. The first-order chi connectivity index (χ1) is 11.5. The molecule has 0 saturated carbocycles. The third-order valence-electron chi connectivity index (χ3n) is 3.54. The summed E-state index contributed by atoms with van der Waals surface area (Å²) in [6.45, 7) is 1.76. The highest BCUT2D eigenvalue weighted by Gasteiger charge is 2.09. The van der Waals surface area contributed by atoms with Crippen LogP contribution in [0.1, 0.15) is 16.1 Å². The van der Waals surface area contributed by atoms with Crippen LogP contribution in [0.2, 0.25) is 0 Å². The van der Waals surface area contributed by atoms with Crippen LogP contribution in [-0.2, 0) is 4.79 Å². The highest BCUT2D eigenvalue weighted by molar-refractivity contribution is 6.00. The Morgan fingerprint density at radius 3 is 2.75 bits per heavy atom. The van der Waals surface area contributed by atoms with Crippen LogP contribution in [0.3, 0.4) is 0 Å². The number of carbonyl (C=O) groups is 2. The van der Waals surface area contributed by atoms with E-state index < -0.39 is 11.7 Å². The van der Waals surface area contributed by atoms with Gasteiger partial charge < -0.3 is 15.6 Å². The van der Waals surface area contributed by atoms with Gasteiger partial charge in [0.2, 0.25) is 5.91 Å². The van der Waals surface area contributed by atoms with Crippen molar-refractivity contribution in [3.05, 3.63) is 65.6 Å². The minimum absolute atomic E-state index is 0.173. The normalized spacial score (nSPS) is 10.6. The Labute approximate surface area is 137 Å². The van der Waals surface area contributed by atoms with Gasteiger partial charge in [-0.2, -0.15) is 0 Å². The number of nitrogens with one attached hydrogen (secondary N) is 3. The summed E-state index contributed by atoms with van der Waals surface area (Å²) in [4.78, 5) is 27.0. The van der Waals surface area contributed by atoms with Crippen LogP contribution in [0, 0.1) is 12.7 Å². The molecule has 5 nitrogen and oxygen atoms in total. The van der Waals surface area contributed by atoms with Crippen LogP contribution in [-0.4, -0.2) is 23.3 Å². The number of aryl methyl sites for hydroxylation is 1. The maximum absolute atomic E-state index is 13.1. The molecule has 3 rings (SSSR count). The van der Waals surface area contributed by atoms with Crippen LogP contribution >= 0.6 is 0 Å². The van der Waals surface area contributed by atoms with Gasteiger partial charge >= 0.3 is 0 Å². The number of anilines is 1. The van der Waals surface area contributed by atoms with Crippen LogP contribution < -0.4 is 10.6 Å². The quantitative estimate of drug-likeness (QED) is 0.690. The first-order valence-electron chi connectivity index (χ1n) is 7.44. The molecule has 122 valence electrons. The molecule has 24 heavy (non-hydrogen) atoms.